The van der Waals surface area contributed by atoms with Gasteiger partial charge in [-0.1, -0.05) is 12.7 Å². The van der Waals surface area contributed by atoms with E-state index in [1.54, 1.807) is 11.1 Å². The molecule has 0 fully saturated rings. The van der Waals surface area contributed by atoms with Crippen molar-refractivity contribution in [2.45, 2.75) is 32.6 Å². The Kier molecular flexibility index (Phi) is 1.49. The Morgan fingerprint density at radius 3 is 2.45 bits per heavy atom. The van der Waals surface area contributed by atoms with E-state index in [1.807, 2.05) is 0 Å². The zero-order valence-corrected chi connectivity index (χ0v) is 7.11. The highest BCUT2D eigenvalue weighted by Crippen LogP contribution is 2.38. The van der Waals surface area contributed by atoms with Crippen molar-refractivity contribution in [3.8, 4) is 0 Å². The van der Waals surface area contributed by atoms with E-state index in [-0.39, 0.29) is 0 Å². The molecule has 0 aromatic heterocycles. The van der Waals surface area contributed by atoms with Crippen LogP contribution in [0.25, 0.3) is 0 Å². The van der Waals surface area contributed by atoms with Crippen molar-refractivity contribution in [1.82, 2.24) is 0 Å². The van der Waals surface area contributed by atoms with Gasteiger partial charge in [-0.25, -0.2) is 0 Å². The first-order chi connectivity index (χ1) is 5.29. The molecular formula is C11H14. The molecule has 0 saturated heterocycles. The molecule has 0 nitrogen and oxygen atoms in total. The topological polar surface area (TPSA) is 0 Å². The lowest BCUT2D eigenvalue weighted by Crippen LogP contribution is -1.96. The second-order valence-electron chi connectivity index (χ2n) is 3.52. The van der Waals surface area contributed by atoms with E-state index in [4.69, 9.17) is 0 Å². The second kappa shape index (κ2) is 2.37. The zero-order valence-electron chi connectivity index (χ0n) is 7.11. The predicted octanol–water partition coefficient (Wildman–Crippen LogP) is 3.37. The van der Waals surface area contributed by atoms with Gasteiger partial charge >= 0.3 is 0 Å². The minimum absolute atomic E-state index is 1.27. The summed E-state index contributed by atoms with van der Waals surface area (Å²) in [5.41, 5.74) is 5.89. The maximum absolute atomic E-state index is 4.05. The van der Waals surface area contributed by atoms with Gasteiger partial charge in [-0.3, -0.25) is 0 Å². The summed E-state index contributed by atoms with van der Waals surface area (Å²) in [7, 11) is 0. The molecule has 0 amide bonds. The lowest BCUT2D eigenvalue weighted by Gasteiger charge is -2.15. The van der Waals surface area contributed by atoms with Crippen LogP contribution >= 0.6 is 0 Å². The van der Waals surface area contributed by atoms with Crippen molar-refractivity contribution in [2.75, 3.05) is 0 Å². The predicted molar refractivity (Wildman–Crippen MR) is 48.4 cm³/mol. The van der Waals surface area contributed by atoms with E-state index in [0.717, 1.165) is 0 Å². The number of allylic oxidation sites excluding steroid dienone is 5. The lowest BCUT2D eigenvalue weighted by molar-refractivity contribution is 0.690. The molecule has 0 bridgehead atoms. The fourth-order valence-electron chi connectivity index (χ4n) is 2.13. The maximum Gasteiger partial charge on any atom is -0.0270 e. The van der Waals surface area contributed by atoms with Gasteiger partial charge in [0.2, 0.25) is 0 Å². The van der Waals surface area contributed by atoms with Crippen LogP contribution < -0.4 is 0 Å². The van der Waals surface area contributed by atoms with Crippen molar-refractivity contribution in [3.63, 3.8) is 0 Å². The van der Waals surface area contributed by atoms with Crippen LogP contribution in [0.3, 0.4) is 0 Å². The number of hydrogen-bond donors (Lipinski definition) is 0. The summed E-state index contributed by atoms with van der Waals surface area (Å²) in [6, 6.07) is 0. The average molecular weight is 146 g/mol. The zero-order chi connectivity index (χ0) is 7.84. The van der Waals surface area contributed by atoms with Crippen molar-refractivity contribution in [2.24, 2.45) is 0 Å². The smallest absolute Gasteiger partial charge is 0.0270 e. The van der Waals surface area contributed by atoms with Crippen molar-refractivity contribution in [3.05, 3.63) is 34.9 Å². The van der Waals surface area contributed by atoms with E-state index in [0.29, 0.717) is 0 Å². The van der Waals surface area contributed by atoms with Crippen LogP contribution in [0.1, 0.15) is 32.6 Å². The highest BCUT2D eigenvalue weighted by molar-refractivity contribution is 5.57. The summed E-state index contributed by atoms with van der Waals surface area (Å²) >= 11 is 0. The summed E-state index contributed by atoms with van der Waals surface area (Å²) in [6.45, 7) is 6.26. The Labute approximate surface area is 68.3 Å². The Hall–Kier alpha value is -0.780. The summed E-state index contributed by atoms with van der Waals surface area (Å²) in [5, 5.41) is 0. The minimum Gasteiger partial charge on any atom is -0.0915 e. The first-order valence-corrected chi connectivity index (χ1v) is 4.39. The van der Waals surface area contributed by atoms with Gasteiger partial charge in [0.05, 0.1) is 0 Å². The Morgan fingerprint density at radius 1 is 1.18 bits per heavy atom. The quantitative estimate of drug-likeness (QED) is 0.491. The van der Waals surface area contributed by atoms with Gasteiger partial charge in [-0.2, -0.15) is 0 Å². The van der Waals surface area contributed by atoms with Gasteiger partial charge in [0.25, 0.3) is 0 Å². The summed E-state index contributed by atoms with van der Waals surface area (Å²) < 4.78 is 0. The Morgan fingerprint density at radius 2 is 1.82 bits per heavy atom. The Bertz CT molecular complexity index is 264. The molecule has 0 aliphatic heterocycles. The maximum atomic E-state index is 4.05. The van der Waals surface area contributed by atoms with Crippen LogP contribution in [-0.4, -0.2) is 0 Å². The molecule has 0 aromatic rings. The average Bonchev–Trinajstić information content (AvgIpc) is 2.30. The normalized spacial score (nSPS) is 23.7. The van der Waals surface area contributed by atoms with E-state index >= 15 is 0 Å². The Balaban J connectivity index is 2.41. The molecule has 0 unspecified atom stereocenters. The van der Waals surface area contributed by atoms with Crippen LogP contribution in [0.15, 0.2) is 34.9 Å². The van der Waals surface area contributed by atoms with Crippen LogP contribution in [0.4, 0.5) is 0 Å². The van der Waals surface area contributed by atoms with Crippen molar-refractivity contribution >= 4 is 0 Å². The third-order valence-electron chi connectivity index (χ3n) is 2.72. The van der Waals surface area contributed by atoms with E-state index in [1.165, 1.54) is 36.8 Å². The third-order valence-corrected chi connectivity index (χ3v) is 2.72. The van der Waals surface area contributed by atoms with Crippen LogP contribution in [0, 0.1) is 0 Å². The molecule has 11 heavy (non-hydrogen) atoms. The molecule has 2 aliphatic rings. The summed E-state index contributed by atoms with van der Waals surface area (Å²) in [5.74, 6) is 0. The molecular weight excluding hydrogens is 132 g/mol. The summed E-state index contributed by atoms with van der Waals surface area (Å²) in [6.07, 6.45) is 7.52. The first kappa shape index (κ1) is 6.90. The van der Waals surface area contributed by atoms with Crippen molar-refractivity contribution < 1.29 is 0 Å². The molecule has 0 saturated carbocycles. The second-order valence-corrected chi connectivity index (χ2v) is 3.52. The van der Waals surface area contributed by atoms with Gasteiger partial charge in [0.15, 0.2) is 0 Å². The van der Waals surface area contributed by atoms with Gasteiger partial charge < -0.3 is 0 Å². The van der Waals surface area contributed by atoms with Gasteiger partial charge in [0, 0.05) is 0 Å². The largest absolute Gasteiger partial charge is 0.0915 e. The minimum atomic E-state index is 1.27. The molecule has 0 spiro atoms. The van der Waals surface area contributed by atoms with Crippen LogP contribution in [-0.2, 0) is 0 Å². The molecule has 58 valence electrons. The highest BCUT2D eigenvalue weighted by atomic mass is 14.2. The first-order valence-electron chi connectivity index (χ1n) is 4.39. The molecule has 0 heteroatoms. The number of rotatable bonds is 0. The number of hydrogen-bond acceptors (Lipinski definition) is 0. The molecule has 0 radical (unpaired) electrons. The highest BCUT2D eigenvalue weighted by Gasteiger charge is 2.19. The van der Waals surface area contributed by atoms with Crippen LogP contribution in [0.5, 0.6) is 0 Å². The summed E-state index contributed by atoms with van der Waals surface area (Å²) in [4.78, 5) is 0. The van der Waals surface area contributed by atoms with Crippen LogP contribution in [0.2, 0.25) is 0 Å². The van der Waals surface area contributed by atoms with Crippen molar-refractivity contribution in [1.29, 1.82) is 0 Å². The lowest BCUT2D eigenvalue weighted by atomic mass is 9.90. The molecule has 0 atom stereocenters. The molecule has 2 rings (SSSR count). The van der Waals surface area contributed by atoms with E-state index in [9.17, 15) is 0 Å². The van der Waals surface area contributed by atoms with Gasteiger partial charge in [0.1, 0.15) is 0 Å². The van der Waals surface area contributed by atoms with Gasteiger partial charge in [-0.05, 0) is 54.9 Å². The monoisotopic (exact) mass is 146 g/mol. The third kappa shape index (κ3) is 0.973. The molecule has 0 heterocycles. The van der Waals surface area contributed by atoms with E-state index < -0.39 is 0 Å². The van der Waals surface area contributed by atoms with Gasteiger partial charge in [-0.15, -0.1) is 0 Å². The fraction of sp³-hybridized carbons (Fsp3) is 0.455. The molecule has 0 N–H and O–H groups in total. The molecule has 2 aliphatic carbocycles. The molecule has 0 aromatic carbocycles. The standard InChI is InChI=1S/C11H14/c1-8-7-9(2)11-6-4-3-5-10(8)11/h7H,1,3-6H2,2H3. The fourth-order valence-corrected chi connectivity index (χ4v) is 2.13. The SMILES string of the molecule is C=C1C=C(C)C2=C1CCCC2. The van der Waals surface area contributed by atoms with E-state index in [2.05, 4.69) is 19.6 Å².